The Morgan fingerprint density at radius 1 is 1.04 bits per heavy atom. The molecule has 0 radical (unpaired) electrons. The number of carbonyl (C=O) groups is 3. The standard InChI is InChI=1S/C18H20N2O3/c21-16(19-11-10-13-6-2-1-3-7-13)12-20-17(22)14-8-4-5-9-15(14)18(20)23/h1-7,14-15H,8-12H2,(H,19,21). The summed E-state index contributed by atoms with van der Waals surface area (Å²) < 4.78 is 0. The molecule has 0 spiro atoms. The van der Waals surface area contributed by atoms with Crippen molar-refractivity contribution in [2.24, 2.45) is 11.8 Å². The molecule has 0 aromatic heterocycles. The maximum absolute atomic E-state index is 12.3. The van der Waals surface area contributed by atoms with Gasteiger partial charge in [-0.05, 0) is 24.8 Å². The molecule has 3 amide bonds. The van der Waals surface area contributed by atoms with Gasteiger partial charge in [0.05, 0.1) is 11.8 Å². The first kappa shape index (κ1) is 15.5. The number of nitrogens with one attached hydrogen (secondary N) is 1. The first-order chi connectivity index (χ1) is 11.2. The third-order valence-corrected chi connectivity index (χ3v) is 4.48. The van der Waals surface area contributed by atoms with Gasteiger partial charge in [-0.1, -0.05) is 42.5 Å². The van der Waals surface area contributed by atoms with Gasteiger partial charge < -0.3 is 5.32 Å². The van der Waals surface area contributed by atoms with Crippen molar-refractivity contribution in [1.82, 2.24) is 10.2 Å². The third kappa shape index (κ3) is 3.33. The molecule has 1 aromatic rings. The lowest BCUT2D eigenvalue weighted by Gasteiger charge is -2.14. The highest BCUT2D eigenvalue weighted by Crippen LogP contribution is 2.34. The largest absolute Gasteiger partial charge is 0.354 e. The maximum Gasteiger partial charge on any atom is 0.240 e. The number of amides is 3. The van der Waals surface area contributed by atoms with E-state index in [0.29, 0.717) is 19.4 Å². The number of allylic oxidation sites excluding steroid dienone is 2. The van der Waals surface area contributed by atoms with Crippen molar-refractivity contribution >= 4 is 17.7 Å². The Balaban J connectivity index is 1.50. The zero-order valence-corrected chi connectivity index (χ0v) is 12.9. The highest BCUT2D eigenvalue weighted by molar-refractivity contribution is 6.07. The molecule has 1 N–H and O–H groups in total. The van der Waals surface area contributed by atoms with Gasteiger partial charge in [0.25, 0.3) is 0 Å². The quantitative estimate of drug-likeness (QED) is 0.658. The number of fused-ring (bicyclic) bond motifs is 1. The summed E-state index contributed by atoms with van der Waals surface area (Å²) in [5.41, 5.74) is 1.14. The summed E-state index contributed by atoms with van der Waals surface area (Å²) in [5, 5.41) is 2.78. The van der Waals surface area contributed by atoms with E-state index in [1.807, 2.05) is 42.5 Å². The fourth-order valence-corrected chi connectivity index (χ4v) is 3.22. The summed E-state index contributed by atoms with van der Waals surface area (Å²) in [6.07, 6.45) is 5.80. The number of hydrogen-bond acceptors (Lipinski definition) is 3. The van der Waals surface area contributed by atoms with Crippen molar-refractivity contribution < 1.29 is 14.4 Å². The molecule has 1 fully saturated rings. The van der Waals surface area contributed by atoms with E-state index in [2.05, 4.69) is 5.32 Å². The Morgan fingerprint density at radius 3 is 2.26 bits per heavy atom. The van der Waals surface area contributed by atoms with Crippen LogP contribution in [0, 0.1) is 11.8 Å². The molecule has 1 aliphatic heterocycles. The minimum absolute atomic E-state index is 0.167. The highest BCUT2D eigenvalue weighted by Gasteiger charge is 2.47. The average Bonchev–Trinajstić information content (AvgIpc) is 2.81. The second-order valence-electron chi connectivity index (χ2n) is 6.00. The van der Waals surface area contributed by atoms with Crippen molar-refractivity contribution in [2.45, 2.75) is 19.3 Å². The van der Waals surface area contributed by atoms with E-state index in [9.17, 15) is 14.4 Å². The number of rotatable bonds is 5. The summed E-state index contributed by atoms with van der Waals surface area (Å²) in [5.74, 6) is -1.24. The summed E-state index contributed by atoms with van der Waals surface area (Å²) in [6, 6.07) is 9.85. The average molecular weight is 312 g/mol. The molecule has 1 saturated heterocycles. The molecule has 1 aromatic carbocycles. The summed E-state index contributed by atoms with van der Waals surface area (Å²) in [4.78, 5) is 37.7. The lowest BCUT2D eigenvalue weighted by molar-refractivity contribution is -0.143. The van der Waals surface area contributed by atoms with Gasteiger partial charge in [0.15, 0.2) is 0 Å². The van der Waals surface area contributed by atoms with Crippen LogP contribution < -0.4 is 5.32 Å². The highest BCUT2D eigenvalue weighted by atomic mass is 16.2. The number of likely N-dealkylation sites (tertiary alicyclic amines) is 1. The van der Waals surface area contributed by atoms with Crippen LogP contribution in [0.3, 0.4) is 0 Å². The van der Waals surface area contributed by atoms with Gasteiger partial charge in [-0.2, -0.15) is 0 Å². The second-order valence-corrected chi connectivity index (χ2v) is 6.00. The van der Waals surface area contributed by atoms with Crippen molar-refractivity contribution in [3.8, 4) is 0 Å². The number of carbonyl (C=O) groups excluding carboxylic acids is 3. The Labute approximate surface area is 135 Å². The molecule has 2 aliphatic rings. The molecule has 23 heavy (non-hydrogen) atoms. The Morgan fingerprint density at radius 2 is 1.65 bits per heavy atom. The van der Waals surface area contributed by atoms with Gasteiger partial charge in [-0.15, -0.1) is 0 Å². The van der Waals surface area contributed by atoms with Gasteiger partial charge >= 0.3 is 0 Å². The first-order valence-electron chi connectivity index (χ1n) is 7.97. The molecule has 5 heteroatoms. The van der Waals surface area contributed by atoms with Crippen molar-refractivity contribution in [3.63, 3.8) is 0 Å². The molecule has 120 valence electrons. The lowest BCUT2D eigenvalue weighted by Crippen LogP contribution is -2.41. The molecule has 1 heterocycles. The summed E-state index contributed by atoms with van der Waals surface area (Å²) in [7, 11) is 0. The van der Waals surface area contributed by atoms with E-state index in [1.165, 1.54) is 0 Å². The van der Waals surface area contributed by atoms with Crippen LogP contribution in [-0.4, -0.2) is 35.7 Å². The Bertz CT molecular complexity index is 613. The molecule has 2 atom stereocenters. The molecule has 0 saturated carbocycles. The smallest absolute Gasteiger partial charge is 0.240 e. The van der Waals surface area contributed by atoms with E-state index in [1.54, 1.807) is 0 Å². The van der Waals surface area contributed by atoms with Crippen LogP contribution in [0.2, 0.25) is 0 Å². The predicted octanol–water partition coefficient (Wildman–Crippen LogP) is 1.30. The first-order valence-corrected chi connectivity index (χ1v) is 7.97. The zero-order chi connectivity index (χ0) is 16.2. The maximum atomic E-state index is 12.3. The van der Waals surface area contributed by atoms with Crippen LogP contribution in [0.4, 0.5) is 0 Å². The number of nitrogens with zero attached hydrogens (tertiary/aromatic N) is 1. The van der Waals surface area contributed by atoms with Crippen molar-refractivity contribution in [3.05, 3.63) is 48.0 Å². The van der Waals surface area contributed by atoms with Crippen LogP contribution in [0.15, 0.2) is 42.5 Å². The van der Waals surface area contributed by atoms with Gasteiger partial charge in [0.1, 0.15) is 6.54 Å². The second kappa shape index (κ2) is 6.77. The Hall–Kier alpha value is -2.43. The molecule has 3 rings (SSSR count). The molecule has 0 bridgehead atoms. The van der Waals surface area contributed by atoms with Gasteiger partial charge in [-0.25, -0.2) is 0 Å². The minimum Gasteiger partial charge on any atom is -0.354 e. The molecular formula is C18H20N2O3. The molecular weight excluding hydrogens is 292 g/mol. The third-order valence-electron chi connectivity index (χ3n) is 4.48. The Kier molecular flexibility index (Phi) is 4.55. The van der Waals surface area contributed by atoms with Crippen molar-refractivity contribution in [2.75, 3.05) is 13.1 Å². The van der Waals surface area contributed by atoms with Crippen LogP contribution in [0.25, 0.3) is 0 Å². The lowest BCUT2D eigenvalue weighted by atomic mass is 9.85. The van der Waals surface area contributed by atoms with E-state index in [4.69, 9.17) is 0 Å². The van der Waals surface area contributed by atoms with Crippen LogP contribution in [-0.2, 0) is 20.8 Å². The summed E-state index contributed by atoms with van der Waals surface area (Å²) >= 11 is 0. The van der Waals surface area contributed by atoms with Crippen LogP contribution in [0.5, 0.6) is 0 Å². The molecule has 1 aliphatic carbocycles. The zero-order valence-electron chi connectivity index (χ0n) is 12.9. The topological polar surface area (TPSA) is 66.5 Å². The number of benzene rings is 1. The predicted molar refractivity (Wildman–Crippen MR) is 85.2 cm³/mol. The van der Waals surface area contributed by atoms with E-state index < -0.39 is 0 Å². The van der Waals surface area contributed by atoms with Crippen LogP contribution in [0.1, 0.15) is 18.4 Å². The van der Waals surface area contributed by atoms with Crippen LogP contribution >= 0.6 is 0 Å². The normalized spacial score (nSPS) is 23.0. The van der Waals surface area contributed by atoms with Gasteiger partial charge in [0, 0.05) is 6.54 Å². The monoisotopic (exact) mass is 312 g/mol. The van der Waals surface area contributed by atoms with E-state index in [-0.39, 0.29) is 36.1 Å². The molecule has 2 unspecified atom stereocenters. The van der Waals surface area contributed by atoms with Crippen molar-refractivity contribution in [1.29, 1.82) is 0 Å². The van der Waals surface area contributed by atoms with Gasteiger partial charge in [-0.3, -0.25) is 19.3 Å². The SMILES string of the molecule is O=C(CN1C(=O)C2CC=CCC2C1=O)NCCc1ccccc1. The van der Waals surface area contributed by atoms with Gasteiger partial charge in [0.2, 0.25) is 17.7 Å². The molecule has 5 nitrogen and oxygen atoms in total. The number of hydrogen-bond donors (Lipinski definition) is 1. The fraction of sp³-hybridized carbons (Fsp3) is 0.389. The van der Waals surface area contributed by atoms with E-state index >= 15 is 0 Å². The number of imide groups is 1. The minimum atomic E-state index is -0.283. The summed E-state index contributed by atoms with van der Waals surface area (Å²) in [6.45, 7) is 0.326. The fourth-order valence-electron chi connectivity index (χ4n) is 3.22. The van der Waals surface area contributed by atoms with E-state index in [0.717, 1.165) is 16.9 Å².